The van der Waals surface area contributed by atoms with Gasteiger partial charge >= 0.3 is 0 Å². The Hall–Kier alpha value is -0.0400. The number of halogens is 1. The SMILES string of the molecule is BrC1C=CC=CCCC1. The van der Waals surface area contributed by atoms with Crippen molar-refractivity contribution in [2.24, 2.45) is 0 Å². The zero-order chi connectivity index (χ0) is 6.53. The van der Waals surface area contributed by atoms with Gasteiger partial charge in [0.2, 0.25) is 0 Å². The zero-order valence-electron chi connectivity index (χ0n) is 5.39. The predicted octanol–water partition coefficient (Wildman–Crippen LogP) is 3.05. The summed E-state index contributed by atoms with van der Waals surface area (Å²) in [6.07, 6.45) is 12.4. The third-order valence-electron chi connectivity index (χ3n) is 1.42. The Bertz CT molecular complexity index is 125. The van der Waals surface area contributed by atoms with E-state index in [1.54, 1.807) is 0 Å². The molecule has 1 atom stereocenters. The first-order valence-electron chi connectivity index (χ1n) is 3.37. The summed E-state index contributed by atoms with van der Waals surface area (Å²) in [6, 6.07) is 0. The first-order valence-corrected chi connectivity index (χ1v) is 4.28. The van der Waals surface area contributed by atoms with Gasteiger partial charge in [-0.1, -0.05) is 40.2 Å². The standard InChI is InChI=1S/C8H11Br/c9-8-6-4-2-1-3-5-7-8/h1-2,4,6,8H,3,5,7H2. The molecule has 0 nitrogen and oxygen atoms in total. The predicted molar refractivity (Wildman–Crippen MR) is 44.8 cm³/mol. The second-order valence-corrected chi connectivity index (χ2v) is 3.44. The van der Waals surface area contributed by atoms with E-state index in [-0.39, 0.29) is 0 Å². The van der Waals surface area contributed by atoms with E-state index in [1.165, 1.54) is 19.3 Å². The van der Waals surface area contributed by atoms with Crippen LogP contribution in [0.3, 0.4) is 0 Å². The summed E-state index contributed by atoms with van der Waals surface area (Å²) in [5.41, 5.74) is 0. The maximum Gasteiger partial charge on any atom is 0.0328 e. The molecule has 0 saturated carbocycles. The minimum Gasteiger partial charge on any atom is -0.0845 e. The summed E-state index contributed by atoms with van der Waals surface area (Å²) in [5.74, 6) is 0. The van der Waals surface area contributed by atoms with Gasteiger partial charge in [0.1, 0.15) is 0 Å². The van der Waals surface area contributed by atoms with Gasteiger partial charge in [-0.2, -0.15) is 0 Å². The minimum atomic E-state index is 0.599. The molecule has 9 heavy (non-hydrogen) atoms. The molecule has 0 aromatic heterocycles. The first-order chi connectivity index (χ1) is 4.39. The average molecular weight is 187 g/mol. The van der Waals surface area contributed by atoms with Crippen LogP contribution >= 0.6 is 15.9 Å². The Morgan fingerprint density at radius 1 is 1.33 bits per heavy atom. The molecule has 50 valence electrons. The Balaban J connectivity index is 2.44. The van der Waals surface area contributed by atoms with Crippen LogP contribution in [0.15, 0.2) is 24.3 Å². The van der Waals surface area contributed by atoms with E-state index >= 15 is 0 Å². The highest BCUT2D eigenvalue weighted by atomic mass is 79.9. The summed E-state index contributed by atoms with van der Waals surface area (Å²) in [7, 11) is 0. The molecule has 0 bridgehead atoms. The molecule has 0 amide bonds. The minimum absolute atomic E-state index is 0.599. The smallest absolute Gasteiger partial charge is 0.0328 e. The number of hydrogen-bond acceptors (Lipinski definition) is 0. The van der Waals surface area contributed by atoms with Crippen molar-refractivity contribution in [2.45, 2.75) is 24.1 Å². The second-order valence-electron chi connectivity index (χ2n) is 2.26. The zero-order valence-corrected chi connectivity index (χ0v) is 6.97. The molecular formula is C8H11Br. The highest BCUT2D eigenvalue weighted by Gasteiger charge is 1.97. The van der Waals surface area contributed by atoms with Crippen molar-refractivity contribution in [2.75, 3.05) is 0 Å². The summed E-state index contributed by atoms with van der Waals surface area (Å²) < 4.78 is 0. The molecule has 0 radical (unpaired) electrons. The van der Waals surface area contributed by atoms with E-state index in [9.17, 15) is 0 Å². The van der Waals surface area contributed by atoms with Gasteiger partial charge in [-0.05, 0) is 19.3 Å². The molecule has 0 saturated heterocycles. The van der Waals surface area contributed by atoms with Crippen LogP contribution in [-0.2, 0) is 0 Å². The topological polar surface area (TPSA) is 0 Å². The first kappa shape index (κ1) is 7.07. The molecule has 0 fully saturated rings. The Morgan fingerprint density at radius 2 is 2.22 bits per heavy atom. The monoisotopic (exact) mass is 186 g/mol. The average Bonchev–Trinajstić information content (AvgIpc) is 1.79. The number of rotatable bonds is 0. The second kappa shape index (κ2) is 3.89. The van der Waals surface area contributed by atoms with Crippen LogP contribution in [0.25, 0.3) is 0 Å². The fraction of sp³-hybridized carbons (Fsp3) is 0.500. The Kier molecular flexibility index (Phi) is 3.05. The summed E-state index contributed by atoms with van der Waals surface area (Å²) in [6.45, 7) is 0. The fourth-order valence-corrected chi connectivity index (χ4v) is 1.39. The van der Waals surface area contributed by atoms with Crippen molar-refractivity contribution in [3.63, 3.8) is 0 Å². The lowest BCUT2D eigenvalue weighted by Gasteiger charge is -2.03. The van der Waals surface area contributed by atoms with Gasteiger partial charge in [-0.25, -0.2) is 0 Å². The van der Waals surface area contributed by atoms with E-state index < -0.39 is 0 Å². The van der Waals surface area contributed by atoms with Gasteiger partial charge < -0.3 is 0 Å². The van der Waals surface area contributed by atoms with Gasteiger partial charge in [-0.3, -0.25) is 0 Å². The molecular weight excluding hydrogens is 176 g/mol. The van der Waals surface area contributed by atoms with Crippen LogP contribution in [0.1, 0.15) is 19.3 Å². The van der Waals surface area contributed by atoms with E-state index in [4.69, 9.17) is 0 Å². The molecule has 1 heteroatoms. The van der Waals surface area contributed by atoms with Crippen molar-refractivity contribution in [3.05, 3.63) is 24.3 Å². The molecule has 0 aromatic carbocycles. The van der Waals surface area contributed by atoms with Crippen LogP contribution in [-0.4, -0.2) is 4.83 Å². The van der Waals surface area contributed by atoms with Crippen LogP contribution in [0.4, 0.5) is 0 Å². The van der Waals surface area contributed by atoms with Crippen LogP contribution in [0.5, 0.6) is 0 Å². The Labute approximate surface area is 64.8 Å². The van der Waals surface area contributed by atoms with Gasteiger partial charge in [0.05, 0.1) is 0 Å². The molecule has 0 heterocycles. The van der Waals surface area contributed by atoms with Crippen LogP contribution in [0.2, 0.25) is 0 Å². The molecule has 1 aliphatic rings. The molecule has 0 N–H and O–H groups in total. The largest absolute Gasteiger partial charge is 0.0845 e. The van der Waals surface area contributed by atoms with E-state index in [1.807, 2.05) is 0 Å². The van der Waals surface area contributed by atoms with Crippen LogP contribution in [0, 0.1) is 0 Å². The lowest BCUT2D eigenvalue weighted by atomic mass is 10.1. The fourth-order valence-electron chi connectivity index (χ4n) is 0.886. The van der Waals surface area contributed by atoms with Crippen molar-refractivity contribution in [3.8, 4) is 0 Å². The maximum absolute atomic E-state index is 3.55. The number of allylic oxidation sites excluding steroid dienone is 4. The summed E-state index contributed by atoms with van der Waals surface area (Å²) in [5, 5.41) is 0. The van der Waals surface area contributed by atoms with Crippen molar-refractivity contribution >= 4 is 15.9 Å². The third-order valence-corrected chi connectivity index (χ3v) is 2.18. The molecule has 0 aromatic rings. The van der Waals surface area contributed by atoms with Gasteiger partial charge in [0.15, 0.2) is 0 Å². The molecule has 1 aliphatic carbocycles. The van der Waals surface area contributed by atoms with Crippen molar-refractivity contribution in [1.82, 2.24) is 0 Å². The van der Waals surface area contributed by atoms with Crippen LogP contribution < -0.4 is 0 Å². The lowest BCUT2D eigenvalue weighted by Crippen LogP contribution is -1.92. The van der Waals surface area contributed by atoms with Crippen molar-refractivity contribution < 1.29 is 0 Å². The van der Waals surface area contributed by atoms with E-state index in [2.05, 4.69) is 40.2 Å². The molecule has 1 rings (SSSR count). The number of hydrogen-bond donors (Lipinski definition) is 0. The van der Waals surface area contributed by atoms with E-state index in [0.29, 0.717) is 4.83 Å². The van der Waals surface area contributed by atoms with Gasteiger partial charge in [0, 0.05) is 4.83 Å². The highest BCUT2D eigenvalue weighted by Crippen LogP contribution is 2.13. The quantitative estimate of drug-likeness (QED) is 0.511. The van der Waals surface area contributed by atoms with Gasteiger partial charge in [-0.15, -0.1) is 0 Å². The number of alkyl halides is 1. The summed E-state index contributed by atoms with van der Waals surface area (Å²) >= 11 is 3.55. The highest BCUT2D eigenvalue weighted by molar-refractivity contribution is 9.09. The lowest BCUT2D eigenvalue weighted by molar-refractivity contribution is 0.775. The molecule has 1 unspecified atom stereocenters. The van der Waals surface area contributed by atoms with Gasteiger partial charge in [0.25, 0.3) is 0 Å². The van der Waals surface area contributed by atoms with E-state index in [0.717, 1.165) is 0 Å². The summed E-state index contributed by atoms with van der Waals surface area (Å²) in [4.78, 5) is 0.599. The Morgan fingerprint density at radius 3 is 3.11 bits per heavy atom. The normalized spacial score (nSPS) is 27.4. The molecule has 0 aliphatic heterocycles. The molecule has 0 spiro atoms. The van der Waals surface area contributed by atoms with Crippen molar-refractivity contribution in [1.29, 1.82) is 0 Å². The maximum atomic E-state index is 3.55. The third kappa shape index (κ3) is 2.85.